The van der Waals surface area contributed by atoms with Gasteiger partial charge in [-0.2, -0.15) is 5.26 Å². The van der Waals surface area contributed by atoms with Gasteiger partial charge in [0.1, 0.15) is 18.2 Å². The summed E-state index contributed by atoms with van der Waals surface area (Å²) in [5, 5.41) is 9.12. The SMILES string of the molecule is CC[C@@H]1CN(C(=O)Cn2c(=O)c(C#N)cn(C3CC3)c2=O)CCO1. The number of nitriles is 1. The third kappa shape index (κ3) is 3.12. The van der Waals surface area contributed by atoms with Crippen LogP contribution >= 0.6 is 0 Å². The van der Waals surface area contributed by atoms with Crippen molar-refractivity contribution in [2.24, 2.45) is 0 Å². The number of amides is 1. The van der Waals surface area contributed by atoms with Crippen LogP contribution in [0.3, 0.4) is 0 Å². The number of carbonyl (C=O) groups is 1. The van der Waals surface area contributed by atoms with Gasteiger partial charge in [-0.3, -0.25) is 14.2 Å². The molecule has 2 fully saturated rings. The van der Waals surface area contributed by atoms with E-state index in [0.717, 1.165) is 23.8 Å². The summed E-state index contributed by atoms with van der Waals surface area (Å²) >= 11 is 0. The monoisotopic (exact) mass is 332 g/mol. The molecule has 1 atom stereocenters. The van der Waals surface area contributed by atoms with Crippen molar-refractivity contribution in [2.75, 3.05) is 19.7 Å². The van der Waals surface area contributed by atoms with Gasteiger partial charge in [0.15, 0.2) is 0 Å². The number of hydrogen-bond donors (Lipinski definition) is 0. The molecule has 0 aromatic carbocycles. The second-order valence-electron chi connectivity index (χ2n) is 6.21. The molecule has 1 saturated heterocycles. The van der Waals surface area contributed by atoms with Crippen molar-refractivity contribution in [3.63, 3.8) is 0 Å². The Bertz CT molecular complexity index is 800. The van der Waals surface area contributed by atoms with Crippen molar-refractivity contribution in [1.82, 2.24) is 14.0 Å². The predicted molar refractivity (Wildman–Crippen MR) is 84.6 cm³/mol. The molecule has 0 unspecified atom stereocenters. The fraction of sp³-hybridized carbons (Fsp3) is 0.625. The molecule has 128 valence electrons. The molecule has 0 N–H and O–H groups in total. The summed E-state index contributed by atoms with van der Waals surface area (Å²) in [6.07, 6.45) is 3.78. The maximum Gasteiger partial charge on any atom is 0.331 e. The predicted octanol–water partition coefficient (Wildman–Crippen LogP) is -0.146. The van der Waals surface area contributed by atoms with Crippen LogP contribution in [0.5, 0.6) is 0 Å². The molecule has 1 aromatic rings. The Labute approximate surface area is 138 Å². The van der Waals surface area contributed by atoms with Gasteiger partial charge in [0.2, 0.25) is 5.91 Å². The van der Waals surface area contributed by atoms with Crippen LogP contribution in [0.1, 0.15) is 37.8 Å². The largest absolute Gasteiger partial charge is 0.375 e. The molecule has 0 radical (unpaired) electrons. The third-order valence-corrected chi connectivity index (χ3v) is 4.50. The molecule has 1 aliphatic carbocycles. The molecule has 24 heavy (non-hydrogen) atoms. The number of aromatic nitrogens is 2. The number of hydrogen-bond acceptors (Lipinski definition) is 5. The second-order valence-corrected chi connectivity index (χ2v) is 6.21. The van der Waals surface area contributed by atoms with Gasteiger partial charge in [-0.05, 0) is 19.3 Å². The topological polar surface area (TPSA) is 97.3 Å². The van der Waals surface area contributed by atoms with E-state index in [1.165, 1.54) is 10.8 Å². The van der Waals surface area contributed by atoms with Crippen LogP contribution in [0, 0.1) is 11.3 Å². The van der Waals surface area contributed by atoms with E-state index in [4.69, 9.17) is 10.00 Å². The summed E-state index contributed by atoms with van der Waals surface area (Å²) in [6, 6.07) is 1.84. The number of morpholine rings is 1. The molecular weight excluding hydrogens is 312 g/mol. The summed E-state index contributed by atoms with van der Waals surface area (Å²) in [5.74, 6) is -0.298. The van der Waals surface area contributed by atoms with E-state index >= 15 is 0 Å². The number of carbonyl (C=O) groups excluding carboxylic acids is 1. The summed E-state index contributed by atoms with van der Waals surface area (Å²) in [5.41, 5.74) is -1.33. The maximum absolute atomic E-state index is 12.5. The lowest BCUT2D eigenvalue weighted by Crippen LogP contribution is -2.49. The first-order valence-corrected chi connectivity index (χ1v) is 8.20. The van der Waals surface area contributed by atoms with Crippen molar-refractivity contribution in [3.8, 4) is 6.07 Å². The highest BCUT2D eigenvalue weighted by Gasteiger charge is 2.28. The lowest BCUT2D eigenvalue weighted by molar-refractivity contribution is -0.139. The summed E-state index contributed by atoms with van der Waals surface area (Å²) in [4.78, 5) is 38.9. The van der Waals surface area contributed by atoms with Crippen LogP contribution in [0.15, 0.2) is 15.8 Å². The average molecular weight is 332 g/mol. The molecule has 0 spiro atoms. The van der Waals surface area contributed by atoms with Crippen LogP contribution in [-0.2, 0) is 16.1 Å². The van der Waals surface area contributed by atoms with Crippen molar-refractivity contribution in [1.29, 1.82) is 5.26 Å². The summed E-state index contributed by atoms with van der Waals surface area (Å²) in [7, 11) is 0. The molecule has 3 rings (SSSR count). The van der Waals surface area contributed by atoms with Gasteiger partial charge < -0.3 is 9.64 Å². The zero-order chi connectivity index (χ0) is 17.3. The highest BCUT2D eigenvalue weighted by Crippen LogP contribution is 2.33. The summed E-state index contributed by atoms with van der Waals surface area (Å²) in [6.45, 7) is 2.99. The van der Waals surface area contributed by atoms with Crippen LogP contribution in [0.2, 0.25) is 0 Å². The smallest absolute Gasteiger partial charge is 0.331 e. The zero-order valence-corrected chi connectivity index (χ0v) is 13.6. The minimum absolute atomic E-state index is 0.0204. The van der Waals surface area contributed by atoms with Gasteiger partial charge in [-0.15, -0.1) is 0 Å². The first-order chi connectivity index (χ1) is 11.5. The lowest BCUT2D eigenvalue weighted by atomic mass is 10.2. The minimum atomic E-state index is -0.701. The Balaban J connectivity index is 1.88. The molecular formula is C16H20N4O4. The third-order valence-electron chi connectivity index (χ3n) is 4.50. The van der Waals surface area contributed by atoms with Gasteiger partial charge in [0, 0.05) is 25.3 Å². The highest BCUT2D eigenvalue weighted by atomic mass is 16.5. The molecule has 0 bridgehead atoms. The first-order valence-electron chi connectivity index (χ1n) is 8.20. The number of rotatable bonds is 4. The Morgan fingerprint density at radius 3 is 2.79 bits per heavy atom. The van der Waals surface area contributed by atoms with E-state index in [1.807, 2.05) is 13.0 Å². The minimum Gasteiger partial charge on any atom is -0.375 e. The fourth-order valence-electron chi connectivity index (χ4n) is 2.88. The average Bonchev–Trinajstić information content (AvgIpc) is 3.43. The van der Waals surface area contributed by atoms with Gasteiger partial charge in [0.25, 0.3) is 5.56 Å². The van der Waals surface area contributed by atoms with E-state index in [1.54, 1.807) is 4.90 Å². The van der Waals surface area contributed by atoms with Gasteiger partial charge in [-0.25, -0.2) is 9.36 Å². The Hall–Kier alpha value is -2.40. The van der Waals surface area contributed by atoms with Crippen LogP contribution in [0.4, 0.5) is 0 Å². The number of nitrogens with zero attached hydrogens (tertiary/aromatic N) is 4. The number of ether oxygens (including phenoxy) is 1. The molecule has 8 nitrogen and oxygen atoms in total. The summed E-state index contributed by atoms with van der Waals surface area (Å²) < 4.78 is 7.82. The maximum atomic E-state index is 12.5. The van der Waals surface area contributed by atoms with Gasteiger partial charge in [-0.1, -0.05) is 6.92 Å². The van der Waals surface area contributed by atoms with E-state index < -0.39 is 11.2 Å². The van der Waals surface area contributed by atoms with Crippen LogP contribution in [-0.4, -0.2) is 45.7 Å². The molecule has 2 heterocycles. The molecule has 1 aromatic heterocycles. The van der Waals surface area contributed by atoms with E-state index in [-0.39, 0.29) is 30.2 Å². The van der Waals surface area contributed by atoms with E-state index in [0.29, 0.717) is 19.7 Å². The highest BCUT2D eigenvalue weighted by molar-refractivity contribution is 5.76. The lowest BCUT2D eigenvalue weighted by Gasteiger charge is -2.32. The van der Waals surface area contributed by atoms with Gasteiger partial charge in [0.05, 0.1) is 12.7 Å². The zero-order valence-electron chi connectivity index (χ0n) is 13.6. The second kappa shape index (κ2) is 6.61. The molecule has 2 aliphatic rings. The van der Waals surface area contributed by atoms with Crippen molar-refractivity contribution >= 4 is 5.91 Å². The fourth-order valence-corrected chi connectivity index (χ4v) is 2.88. The van der Waals surface area contributed by atoms with Crippen molar-refractivity contribution < 1.29 is 9.53 Å². The van der Waals surface area contributed by atoms with E-state index in [9.17, 15) is 14.4 Å². The van der Waals surface area contributed by atoms with Crippen LogP contribution < -0.4 is 11.2 Å². The molecule has 1 aliphatic heterocycles. The van der Waals surface area contributed by atoms with Crippen molar-refractivity contribution in [2.45, 2.75) is 44.9 Å². The standard InChI is InChI=1S/C16H20N4O4/c1-2-13-9-18(5-6-24-13)14(21)10-20-15(22)11(7-17)8-19(16(20)23)12-3-4-12/h8,12-13H,2-6,9-10H2,1H3/t13-/m1/s1. The normalized spacial score (nSPS) is 20.7. The Morgan fingerprint density at radius 2 is 2.17 bits per heavy atom. The Kier molecular flexibility index (Phi) is 4.53. The van der Waals surface area contributed by atoms with Gasteiger partial charge >= 0.3 is 5.69 Å². The van der Waals surface area contributed by atoms with E-state index in [2.05, 4.69) is 0 Å². The first kappa shape index (κ1) is 16.5. The van der Waals surface area contributed by atoms with Crippen LogP contribution in [0.25, 0.3) is 0 Å². The quantitative estimate of drug-likeness (QED) is 0.764. The molecule has 1 saturated carbocycles. The molecule has 8 heteroatoms. The van der Waals surface area contributed by atoms with Crippen molar-refractivity contribution in [3.05, 3.63) is 32.6 Å². The molecule has 1 amide bonds. The Morgan fingerprint density at radius 1 is 1.42 bits per heavy atom.